The fourth-order valence-corrected chi connectivity index (χ4v) is 0.565. The first-order valence-electron chi connectivity index (χ1n) is 2.52. The van der Waals surface area contributed by atoms with E-state index in [1.165, 1.54) is 6.08 Å². The van der Waals surface area contributed by atoms with Gasteiger partial charge in [-0.3, -0.25) is 0 Å². The van der Waals surface area contributed by atoms with E-state index in [9.17, 15) is 0 Å². The Morgan fingerprint density at radius 2 is 1.89 bits per heavy atom. The zero-order valence-electron chi connectivity index (χ0n) is 5.20. The van der Waals surface area contributed by atoms with E-state index in [2.05, 4.69) is 6.58 Å². The van der Waals surface area contributed by atoms with Crippen LogP contribution in [0.1, 0.15) is 6.92 Å². The van der Waals surface area contributed by atoms with E-state index in [-0.39, 0.29) is 0 Å². The van der Waals surface area contributed by atoms with Gasteiger partial charge in [-0.15, -0.1) is 0 Å². The summed E-state index contributed by atoms with van der Waals surface area (Å²) in [5, 5.41) is 1.18. The lowest BCUT2D eigenvalue weighted by atomic mass is 10.4. The molecule has 50 valence electrons. The Labute approximate surface area is 65.5 Å². The first kappa shape index (κ1) is 8.80. The van der Waals surface area contributed by atoms with Gasteiger partial charge in [0.2, 0.25) is 0 Å². The minimum atomic E-state index is 0.554. The van der Waals surface area contributed by atoms with Crippen LogP contribution in [-0.4, -0.2) is 0 Å². The zero-order valence-corrected chi connectivity index (χ0v) is 6.71. The van der Waals surface area contributed by atoms with Gasteiger partial charge in [0.15, 0.2) is 0 Å². The fourth-order valence-electron chi connectivity index (χ4n) is 0.274. The molecule has 0 atom stereocenters. The van der Waals surface area contributed by atoms with Gasteiger partial charge >= 0.3 is 0 Å². The van der Waals surface area contributed by atoms with Crippen LogP contribution in [0.3, 0.4) is 0 Å². The maximum Gasteiger partial charge on any atom is 0.0414 e. The van der Waals surface area contributed by atoms with Crippen LogP contribution in [-0.2, 0) is 0 Å². The molecule has 0 aromatic heterocycles. The molecule has 0 radical (unpaired) electrons. The van der Waals surface area contributed by atoms with Crippen LogP contribution in [0, 0.1) is 0 Å². The smallest absolute Gasteiger partial charge is 0.0414 e. The summed E-state index contributed by atoms with van der Waals surface area (Å²) in [7, 11) is 0. The highest BCUT2D eigenvalue weighted by Crippen LogP contribution is 2.10. The number of hydrogen-bond acceptors (Lipinski definition) is 0. The van der Waals surface area contributed by atoms with Gasteiger partial charge < -0.3 is 0 Å². The van der Waals surface area contributed by atoms with Crippen LogP contribution < -0.4 is 0 Å². The number of rotatable bonds is 2. The molecule has 0 bridgehead atoms. The molecule has 0 amide bonds. The summed E-state index contributed by atoms with van der Waals surface area (Å²) < 4.78 is 0. The number of allylic oxidation sites excluding steroid dienone is 5. The normalized spacial score (nSPS) is 13.7. The van der Waals surface area contributed by atoms with Gasteiger partial charge in [0.1, 0.15) is 0 Å². The van der Waals surface area contributed by atoms with Gasteiger partial charge in [-0.05, 0) is 13.0 Å². The van der Waals surface area contributed by atoms with Crippen LogP contribution in [0.2, 0.25) is 0 Å². The van der Waals surface area contributed by atoms with Crippen molar-refractivity contribution in [2.75, 3.05) is 0 Å². The Morgan fingerprint density at radius 3 is 2.22 bits per heavy atom. The minimum absolute atomic E-state index is 0.554. The van der Waals surface area contributed by atoms with Crippen LogP contribution in [0.15, 0.2) is 34.9 Å². The second kappa shape index (κ2) is 4.66. The highest BCUT2D eigenvalue weighted by atomic mass is 35.5. The van der Waals surface area contributed by atoms with E-state index in [0.717, 1.165) is 0 Å². The molecular weight excluding hydrogens is 155 g/mol. The standard InChI is InChI=1S/C7H8Cl2/c1-3-6(8)5-7(9)4-2/h3-5H,1H2,2H3/b6-5+,7-4+. The van der Waals surface area contributed by atoms with E-state index in [1.54, 1.807) is 12.2 Å². The molecule has 2 heteroatoms. The van der Waals surface area contributed by atoms with Gasteiger partial charge in [0.05, 0.1) is 0 Å². The Bertz CT molecular complexity index is 154. The predicted octanol–water partition coefficient (Wildman–Crippen LogP) is 3.44. The summed E-state index contributed by atoms with van der Waals surface area (Å²) in [5.74, 6) is 0. The van der Waals surface area contributed by atoms with Crippen molar-refractivity contribution >= 4 is 23.2 Å². The summed E-state index contributed by atoms with van der Waals surface area (Å²) in [6, 6.07) is 0. The second-order valence-electron chi connectivity index (χ2n) is 1.41. The van der Waals surface area contributed by atoms with Crippen LogP contribution in [0.5, 0.6) is 0 Å². The maximum absolute atomic E-state index is 5.59. The van der Waals surface area contributed by atoms with Crippen molar-refractivity contribution in [3.8, 4) is 0 Å². The molecule has 0 unspecified atom stereocenters. The van der Waals surface area contributed by atoms with E-state index in [4.69, 9.17) is 23.2 Å². The van der Waals surface area contributed by atoms with Crippen molar-refractivity contribution in [1.82, 2.24) is 0 Å². The zero-order chi connectivity index (χ0) is 7.28. The third kappa shape index (κ3) is 4.31. The third-order valence-electron chi connectivity index (χ3n) is 0.747. The Morgan fingerprint density at radius 1 is 1.33 bits per heavy atom. The number of hydrogen-bond donors (Lipinski definition) is 0. The SMILES string of the molecule is C=C/C(Cl)=C\C(Cl)=C/C. The molecule has 0 nitrogen and oxygen atoms in total. The van der Waals surface area contributed by atoms with Gasteiger partial charge in [-0.1, -0.05) is 41.9 Å². The minimum Gasteiger partial charge on any atom is -0.0976 e. The molecule has 0 fully saturated rings. The largest absolute Gasteiger partial charge is 0.0976 e. The molecule has 0 aliphatic carbocycles. The lowest BCUT2D eigenvalue weighted by molar-refractivity contribution is 1.68. The molecule has 0 spiro atoms. The van der Waals surface area contributed by atoms with Crippen molar-refractivity contribution < 1.29 is 0 Å². The van der Waals surface area contributed by atoms with Crippen molar-refractivity contribution in [2.45, 2.75) is 6.92 Å². The van der Waals surface area contributed by atoms with Gasteiger partial charge in [-0.2, -0.15) is 0 Å². The Balaban J connectivity index is 4.11. The molecule has 0 heterocycles. The maximum atomic E-state index is 5.59. The average Bonchev–Trinajstić information content (AvgIpc) is 1.87. The molecule has 0 saturated heterocycles. The lowest BCUT2D eigenvalue weighted by Crippen LogP contribution is -1.63. The summed E-state index contributed by atoms with van der Waals surface area (Å²) >= 11 is 11.1. The predicted molar refractivity (Wildman–Crippen MR) is 43.7 cm³/mol. The molecule has 0 aliphatic heterocycles. The van der Waals surface area contributed by atoms with E-state index in [0.29, 0.717) is 10.1 Å². The highest BCUT2D eigenvalue weighted by Gasteiger charge is 1.84. The van der Waals surface area contributed by atoms with Gasteiger partial charge in [0.25, 0.3) is 0 Å². The highest BCUT2D eigenvalue weighted by molar-refractivity contribution is 6.35. The van der Waals surface area contributed by atoms with Crippen molar-refractivity contribution in [3.63, 3.8) is 0 Å². The van der Waals surface area contributed by atoms with E-state index < -0.39 is 0 Å². The molecule has 0 aliphatic rings. The number of halogens is 2. The molecule has 0 N–H and O–H groups in total. The lowest BCUT2D eigenvalue weighted by Gasteiger charge is -1.85. The molecule has 0 aromatic rings. The van der Waals surface area contributed by atoms with E-state index >= 15 is 0 Å². The molecule has 0 saturated carbocycles. The Hall–Kier alpha value is -0.200. The van der Waals surface area contributed by atoms with Gasteiger partial charge in [-0.25, -0.2) is 0 Å². The summed E-state index contributed by atoms with van der Waals surface area (Å²) in [6.07, 6.45) is 4.93. The molecular formula is C7H8Cl2. The first-order chi connectivity index (χ1) is 4.20. The molecule has 0 rings (SSSR count). The third-order valence-corrected chi connectivity index (χ3v) is 1.34. The quantitative estimate of drug-likeness (QED) is 0.547. The van der Waals surface area contributed by atoms with Crippen molar-refractivity contribution in [2.24, 2.45) is 0 Å². The fraction of sp³-hybridized carbons (Fsp3) is 0.143. The summed E-state index contributed by atoms with van der Waals surface area (Å²) in [5.41, 5.74) is 0. The molecule has 9 heavy (non-hydrogen) atoms. The molecule has 0 aromatic carbocycles. The monoisotopic (exact) mass is 162 g/mol. The van der Waals surface area contributed by atoms with Crippen molar-refractivity contribution in [1.29, 1.82) is 0 Å². The van der Waals surface area contributed by atoms with Crippen LogP contribution in [0.4, 0.5) is 0 Å². The van der Waals surface area contributed by atoms with Crippen LogP contribution in [0.25, 0.3) is 0 Å². The second-order valence-corrected chi connectivity index (χ2v) is 2.28. The van der Waals surface area contributed by atoms with Gasteiger partial charge in [0, 0.05) is 10.1 Å². The summed E-state index contributed by atoms with van der Waals surface area (Å²) in [4.78, 5) is 0. The summed E-state index contributed by atoms with van der Waals surface area (Å²) in [6.45, 7) is 5.30. The van der Waals surface area contributed by atoms with Crippen molar-refractivity contribution in [3.05, 3.63) is 34.9 Å². The first-order valence-corrected chi connectivity index (χ1v) is 3.27. The topological polar surface area (TPSA) is 0 Å². The van der Waals surface area contributed by atoms with E-state index in [1.807, 2.05) is 6.92 Å². The Kier molecular flexibility index (Phi) is 4.55. The van der Waals surface area contributed by atoms with Crippen LogP contribution >= 0.6 is 23.2 Å². The average molecular weight is 163 g/mol.